The maximum atomic E-state index is 12.0. The summed E-state index contributed by atoms with van der Waals surface area (Å²) in [5, 5.41) is 21.5. The molecule has 2 saturated heterocycles. The topological polar surface area (TPSA) is 179 Å². The van der Waals surface area contributed by atoms with E-state index in [1.807, 2.05) is 0 Å². The third-order valence-electron chi connectivity index (χ3n) is 4.05. The van der Waals surface area contributed by atoms with Crippen molar-refractivity contribution in [2.75, 3.05) is 38.6 Å². The first-order chi connectivity index (χ1) is 12.8. The maximum Gasteiger partial charge on any atom is 0.489 e. The van der Waals surface area contributed by atoms with Crippen molar-refractivity contribution < 1.29 is 38.3 Å². The molecule has 5 N–H and O–H groups in total. The number of nitrogen functional groups attached to an aromatic ring is 1. The molecule has 5 atom stereocenters. The van der Waals surface area contributed by atoms with Crippen LogP contribution in [0.2, 0.25) is 0 Å². The predicted molar refractivity (Wildman–Crippen MR) is 88.1 cm³/mol. The van der Waals surface area contributed by atoms with Gasteiger partial charge in [-0.05, 0) is 6.07 Å². The van der Waals surface area contributed by atoms with E-state index in [0.717, 1.165) is 4.57 Å². The van der Waals surface area contributed by atoms with Crippen LogP contribution < -0.4 is 11.4 Å². The normalized spacial score (nSPS) is 31.7. The number of aliphatic hydroxyl groups excluding tert-OH is 2. The Balaban J connectivity index is 1.60. The molecular weight excluding hydrogens is 387 g/mol. The fourth-order valence-corrected chi connectivity index (χ4v) is 3.52. The molecule has 0 spiro atoms. The Kier molecular flexibility index (Phi) is 6.25. The van der Waals surface area contributed by atoms with Crippen LogP contribution >= 0.6 is 7.82 Å². The molecule has 1 aromatic rings. The Bertz CT molecular complexity index is 756. The number of nitrogens with two attached hydrogens (primary N) is 1. The molecule has 14 heteroatoms. The molecule has 152 valence electrons. The summed E-state index contributed by atoms with van der Waals surface area (Å²) in [4.78, 5) is 25.2. The van der Waals surface area contributed by atoms with Crippen molar-refractivity contribution in [2.45, 2.75) is 24.5 Å². The van der Waals surface area contributed by atoms with Crippen LogP contribution in [-0.2, 0) is 23.2 Å². The number of nitrogens with zero attached hydrogens (tertiary/aromatic N) is 3. The van der Waals surface area contributed by atoms with Gasteiger partial charge in [-0.1, -0.05) is 0 Å². The highest BCUT2D eigenvalue weighted by Crippen LogP contribution is 2.45. The van der Waals surface area contributed by atoms with Gasteiger partial charge in [0.05, 0.1) is 19.8 Å². The fraction of sp³-hybridized carbons (Fsp3) is 0.692. The Morgan fingerprint density at radius 1 is 1.33 bits per heavy atom. The second-order valence-electron chi connectivity index (χ2n) is 5.98. The van der Waals surface area contributed by atoms with Crippen LogP contribution in [-0.4, -0.2) is 80.9 Å². The number of hydroxylamine groups is 2. The van der Waals surface area contributed by atoms with Gasteiger partial charge in [-0.15, -0.1) is 0 Å². The zero-order valence-corrected chi connectivity index (χ0v) is 15.1. The molecule has 0 bridgehead atoms. The zero-order chi connectivity index (χ0) is 19.6. The highest BCUT2D eigenvalue weighted by Gasteiger charge is 2.45. The van der Waals surface area contributed by atoms with Crippen molar-refractivity contribution in [3.05, 3.63) is 22.7 Å². The number of aromatic nitrogens is 2. The van der Waals surface area contributed by atoms with Gasteiger partial charge in [0.2, 0.25) is 0 Å². The molecule has 0 saturated carbocycles. The molecule has 3 rings (SSSR count). The van der Waals surface area contributed by atoms with E-state index < -0.39 is 44.7 Å². The lowest BCUT2D eigenvalue weighted by Gasteiger charge is -2.27. The summed E-state index contributed by atoms with van der Waals surface area (Å²) < 4.78 is 33.2. The first-order valence-electron chi connectivity index (χ1n) is 8.13. The SMILES string of the molecule is Nc1ccn(C2OC(COP(=O)(O)ON3CCOCC3)C(O)C2O)c(=O)n1. The third kappa shape index (κ3) is 4.90. The van der Waals surface area contributed by atoms with Crippen LogP contribution in [0.1, 0.15) is 6.23 Å². The number of morpholine rings is 1. The van der Waals surface area contributed by atoms with Gasteiger partial charge in [0.1, 0.15) is 24.1 Å². The van der Waals surface area contributed by atoms with Crippen LogP contribution in [0.25, 0.3) is 0 Å². The molecule has 0 aromatic carbocycles. The second kappa shape index (κ2) is 8.31. The van der Waals surface area contributed by atoms with Crippen molar-refractivity contribution >= 4 is 13.6 Å². The summed E-state index contributed by atoms with van der Waals surface area (Å²) in [7, 11) is -4.47. The van der Waals surface area contributed by atoms with E-state index >= 15 is 0 Å². The lowest BCUT2D eigenvalue weighted by atomic mass is 10.1. The van der Waals surface area contributed by atoms with Crippen molar-refractivity contribution in [3.8, 4) is 0 Å². The minimum atomic E-state index is -4.47. The van der Waals surface area contributed by atoms with E-state index in [0.29, 0.717) is 26.3 Å². The van der Waals surface area contributed by atoms with Gasteiger partial charge in [0.25, 0.3) is 0 Å². The first kappa shape index (κ1) is 20.3. The average Bonchev–Trinajstić information content (AvgIpc) is 2.89. The number of phosphoric ester groups is 1. The average molecular weight is 408 g/mol. The Morgan fingerprint density at radius 2 is 2.04 bits per heavy atom. The zero-order valence-electron chi connectivity index (χ0n) is 14.2. The van der Waals surface area contributed by atoms with Crippen molar-refractivity contribution in [1.29, 1.82) is 0 Å². The molecule has 1 aromatic heterocycles. The van der Waals surface area contributed by atoms with Crippen molar-refractivity contribution in [3.63, 3.8) is 0 Å². The molecule has 5 unspecified atom stereocenters. The number of phosphoric acid groups is 1. The van der Waals surface area contributed by atoms with E-state index in [4.69, 9.17) is 24.4 Å². The van der Waals surface area contributed by atoms with Gasteiger partial charge < -0.3 is 30.3 Å². The molecule has 3 heterocycles. The lowest BCUT2D eigenvalue weighted by Crippen LogP contribution is -2.37. The van der Waals surface area contributed by atoms with Gasteiger partial charge in [-0.25, -0.2) is 9.36 Å². The molecular formula is C13H21N4O9P. The smallest absolute Gasteiger partial charge is 0.387 e. The van der Waals surface area contributed by atoms with Crippen molar-refractivity contribution in [1.82, 2.24) is 14.6 Å². The number of hydrogen-bond acceptors (Lipinski definition) is 11. The molecule has 0 radical (unpaired) electrons. The van der Waals surface area contributed by atoms with Gasteiger partial charge in [-0.3, -0.25) is 9.09 Å². The summed E-state index contributed by atoms with van der Waals surface area (Å²) in [6.07, 6.45) is -4.13. The fourth-order valence-electron chi connectivity index (χ4n) is 2.68. The molecule has 2 fully saturated rings. The number of rotatable bonds is 6. The maximum absolute atomic E-state index is 12.0. The van der Waals surface area contributed by atoms with E-state index in [2.05, 4.69) is 4.98 Å². The third-order valence-corrected chi connectivity index (χ3v) is 4.97. The molecule has 2 aliphatic heterocycles. The number of aliphatic hydroxyl groups is 2. The van der Waals surface area contributed by atoms with Crippen LogP contribution in [0.4, 0.5) is 5.82 Å². The van der Waals surface area contributed by atoms with Crippen molar-refractivity contribution in [2.24, 2.45) is 0 Å². The van der Waals surface area contributed by atoms with Crippen LogP contribution in [0.5, 0.6) is 0 Å². The second-order valence-corrected chi connectivity index (χ2v) is 7.33. The van der Waals surface area contributed by atoms with Gasteiger partial charge >= 0.3 is 13.5 Å². The van der Waals surface area contributed by atoms with Gasteiger partial charge in [0.15, 0.2) is 6.23 Å². The minimum absolute atomic E-state index is 0.00866. The summed E-state index contributed by atoms with van der Waals surface area (Å²) in [6, 6.07) is 1.33. The number of ether oxygens (including phenoxy) is 2. The van der Waals surface area contributed by atoms with Gasteiger partial charge in [0, 0.05) is 19.3 Å². The standard InChI is InChI=1S/C13H21N4O9P/c14-9-1-2-17(13(20)15-9)12-11(19)10(18)8(25-12)7-24-27(21,22)26-16-3-5-23-6-4-16/h1-2,8,10-12,18-19H,3-7H2,(H,21,22)(H2,14,15,20). The van der Waals surface area contributed by atoms with Crippen LogP contribution in [0.3, 0.4) is 0 Å². The number of hydrogen-bond donors (Lipinski definition) is 4. The first-order valence-corrected chi connectivity index (χ1v) is 9.62. The van der Waals surface area contributed by atoms with E-state index in [1.54, 1.807) is 0 Å². The van der Waals surface area contributed by atoms with Crippen LogP contribution in [0.15, 0.2) is 17.1 Å². The Morgan fingerprint density at radius 3 is 2.70 bits per heavy atom. The summed E-state index contributed by atoms with van der Waals surface area (Å²) in [5.41, 5.74) is 4.62. The summed E-state index contributed by atoms with van der Waals surface area (Å²) >= 11 is 0. The number of anilines is 1. The molecule has 13 nitrogen and oxygen atoms in total. The predicted octanol–water partition coefficient (Wildman–Crippen LogP) is -2.17. The van der Waals surface area contributed by atoms with E-state index in [1.165, 1.54) is 17.3 Å². The highest BCUT2D eigenvalue weighted by atomic mass is 31.2. The van der Waals surface area contributed by atoms with E-state index in [9.17, 15) is 24.5 Å². The molecule has 0 aliphatic carbocycles. The Labute approximate surface area is 153 Å². The Hall–Kier alpha value is -1.41. The monoisotopic (exact) mass is 408 g/mol. The highest BCUT2D eigenvalue weighted by molar-refractivity contribution is 7.47. The molecule has 27 heavy (non-hydrogen) atoms. The van der Waals surface area contributed by atoms with Gasteiger partial charge in [-0.2, -0.15) is 14.7 Å². The summed E-state index contributed by atoms with van der Waals surface area (Å²) in [6.45, 7) is 0.740. The molecule has 0 amide bonds. The van der Waals surface area contributed by atoms with E-state index in [-0.39, 0.29) is 5.82 Å². The summed E-state index contributed by atoms with van der Waals surface area (Å²) in [5.74, 6) is -0.00866. The molecule has 2 aliphatic rings. The van der Waals surface area contributed by atoms with Crippen LogP contribution in [0, 0.1) is 0 Å². The quantitative estimate of drug-likeness (QED) is 0.375. The largest absolute Gasteiger partial charge is 0.489 e. The lowest BCUT2D eigenvalue weighted by molar-refractivity contribution is -0.139. The minimum Gasteiger partial charge on any atom is -0.387 e.